The van der Waals surface area contributed by atoms with Crippen molar-refractivity contribution < 1.29 is 14.3 Å². The standard InChI is InChI=1S/C13H11BrFN3O4/c14-7-1-9-10(2-8(7)15)18(12(20)11(19)16-9)5-6-3-17(4-6)13(21)22/h1-2,6H,3-5H2,(H,16,19)(H,21,22). The van der Waals surface area contributed by atoms with Gasteiger partial charge in [-0.05, 0) is 22.0 Å². The average molecular weight is 372 g/mol. The summed E-state index contributed by atoms with van der Waals surface area (Å²) in [4.78, 5) is 38.1. The van der Waals surface area contributed by atoms with E-state index in [1.54, 1.807) is 0 Å². The molecule has 2 N–H and O–H groups in total. The summed E-state index contributed by atoms with van der Waals surface area (Å²) in [6.07, 6.45) is -1.02. The Balaban J connectivity index is 2.03. The molecule has 2 aromatic rings. The second kappa shape index (κ2) is 5.24. The molecule has 22 heavy (non-hydrogen) atoms. The minimum atomic E-state index is -1.02. The van der Waals surface area contributed by atoms with E-state index in [0.29, 0.717) is 5.52 Å². The monoisotopic (exact) mass is 371 g/mol. The van der Waals surface area contributed by atoms with Crippen LogP contribution in [0.4, 0.5) is 9.18 Å². The number of carbonyl (C=O) groups is 1. The molecular weight excluding hydrogens is 361 g/mol. The third-order valence-electron chi connectivity index (χ3n) is 3.69. The number of H-pyrrole nitrogens is 1. The molecule has 9 heteroatoms. The van der Waals surface area contributed by atoms with E-state index >= 15 is 0 Å². The molecular formula is C13H11BrFN3O4. The lowest BCUT2D eigenvalue weighted by atomic mass is 10.0. The zero-order valence-electron chi connectivity index (χ0n) is 11.2. The van der Waals surface area contributed by atoms with E-state index in [1.807, 2.05) is 0 Å². The summed E-state index contributed by atoms with van der Waals surface area (Å²) < 4.78 is 15.1. The SMILES string of the molecule is O=C(O)N1CC(Cn2c(=O)c(=O)[nH]c3cc(Br)c(F)cc32)C1. The lowest BCUT2D eigenvalue weighted by Gasteiger charge is -2.37. The Hall–Kier alpha value is -2.16. The van der Waals surface area contributed by atoms with Crippen molar-refractivity contribution in [2.45, 2.75) is 6.54 Å². The van der Waals surface area contributed by atoms with Crippen molar-refractivity contribution in [3.05, 3.63) is 43.1 Å². The van der Waals surface area contributed by atoms with Crippen LogP contribution in [-0.2, 0) is 6.54 Å². The molecule has 1 aliphatic heterocycles. The molecule has 1 aliphatic rings. The fourth-order valence-electron chi connectivity index (χ4n) is 2.55. The number of fused-ring (bicyclic) bond motifs is 1. The molecule has 0 aliphatic carbocycles. The summed E-state index contributed by atoms with van der Waals surface area (Å²) in [5, 5.41) is 8.80. The van der Waals surface area contributed by atoms with E-state index in [0.717, 1.165) is 0 Å². The van der Waals surface area contributed by atoms with Gasteiger partial charge in [-0.3, -0.25) is 9.59 Å². The number of likely N-dealkylation sites (tertiary alicyclic amines) is 1. The third kappa shape index (κ3) is 2.41. The molecule has 2 heterocycles. The highest BCUT2D eigenvalue weighted by Crippen LogP contribution is 2.23. The Bertz CT molecular complexity index is 885. The first-order valence-corrected chi connectivity index (χ1v) is 7.26. The number of nitrogens with zero attached hydrogens (tertiary/aromatic N) is 2. The summed E-state index contributed by atoms with van der Waals surface area (Å²) >= 11 is 3.03. The second-order valence-corrected chi connectivity index (χ2v) is 6.06. The number of carboxylic acid groups (broad SMARTS) is 1. The minimum absolute atomic E-state index is 0.0782. The van der Waals surface area contributed by atoms with Crippen molar-refractivity contribution >= 4 is 33.1 Å². The topological polar surface area (TPSA) is 95.4 Å². The Kier molecular flexibility index (Phi) is 3.51. The second-order valence-electron chi connectivity index (χ2n) is 5.21. The Morgan fingerprint density at radius 2 is 2.09 bits per heavy atom. The molecule has 1 saturated heterocycles. The molecule has 1 aromatic heterocycles. The van der Waals surface area contributed by atoms with Gasteiger partial charge in [0, 0.05) is 31.6 Å². The summed E-state index contributed by atoms with van der Waals surface area (Å²) in [5.74, 6) is -0.626. The first-order chi connectivity index (χ1) is 10.4. The molecule has 0 unspecified atom stereocenters. The van der Waals surface area contributed by atoms with Crippen LogP contribution in [-0.4, -0.2) is 38.7 Å². The lowest BCUT2D eigenvalue weighted by molar-refractivity contribution is 0.0748. The molecule has 0 saturated carbocycles. The van der Waals surface area contributed by atoms with Gasteiger partial charge in [0.2, 0.25) is 0 Å². The van der Waals surface area contributed by atoms with Crippen molar-refractivity contribution in [3.63, 3.8) is 0 Å². The fourth-order valence-corrected chi connectivity index (χ4v) is 2.89. The number of halogens is 2. The van der Waals surface area contributed by atoms with Crippen molar-refractivity contribution in [2.24, 2.45) is 5.92 Å². The van der Waals surface area contributed by atoms with Crippen LogP contribution in [0.1, 0.15) is 0 Å². The van der Waals surface area contributed by atoms with Crippen molar-refractivity contribution in [1.29, 1.82) is 0 Å². The zero-order valence-corrected chi connectivity index (χ0v) is 12.8. The van der Waals surface area contributed by atoms with Gasteiger partial charge in [0.05, 0.1) is 15.5 Å². The number of amides is 1. The van der Waals surface area contributed by atoms with Crippen molar-refractivity contribution in [2.75, 3.05) is 13.1 Å². The normalized spacial score (nSPS) is 15.1. The third-order valence-corrected chi connectivity index (χ3v) is 4.29. The van der Waals surface area contributed by atoms with Crippen LogP contribution in [0.25, 0.3) is 11.0 Å². The van der Waals surface area contributed by atoms with Crippen LogP contribution in [0.5, 0.6) is 0 Å². The summed E-state index contributed by atoms with van der Waals surface area (Å²) in [7, 11) is 0. The minimum Gasteiger partial charge on any atom is -0.465 e. The predicted octanol–water partition coefficient (Wildman–Crippen LogP) is 1.20. The highest BCUT2D eigenvalue weighted by atomic mass is 79.9. The Morgan fingerprint density at radius 3 is 2.73 bits per heavy atom. The number of hydrogen-bond donors (Lipinski definition) is 2. The van der Waals surface area contributed by atoms with Crippen LogP contribution < -0.4 is 11.1 Å². The van der Waals surface area contributed by atoms with Crippen LogP contribution in [0.2, 0.25) is 0 Å². The van der Waals surface area contributed by atoms with Crippen LogP contribution in [0.15, 0.2) is 26.2 Å². The molecule has 0 bridgehead atoms. The van der Waals surface area contributed by atoms with Gasteiger partial charge < -0.3 is 19.6 Å². The van der Waals surface area contributed by atoms with E-state index in [-0.39, 0.29) is 35.5 Å². The average Bonchev–Trinajstić information content (AvgIpc) is 2.39. The molecule has 7 nitrogen and oxygen atoms in total. The van der Waals surface area contributed by atoms with E-state index in [1.165, 1.54) is 21.6 Å². The van der Waals surface area contributed by atoms with Crippen LogP contribution in [0, 0.1) is 11.7 Å². The molecule has 1 fully saturated rings. The number of hydrogen-bond acceptors (Lipinski definition) is 3. The molecule has 1 amide bonds. The van der Waals surface area contributed by atoms with Gasteiger partial charge in [-0.1, -0.05) is 0 Å². The smallest absolute Gasteiger partial charge is 0.407 e. The van der Waals surface area contributed by atoms with Crippen molar-refractivity contribution in [3.8, 4) is 0 Å². The number of nitrogens with one attached hydrogen (secondary N) is 1. The van der Waals surface area contributed by atoms with E-state index in [9.17, 15) is 18.8 Å². The van der Waals surface area contributed by atoms with Gasteiger partial charge in [0.25, 0.3) is 0 Å². The van der Waals surface area contributed by atoms with Crippen molar-refractivity contribution in [1.82, 2.24) is 14.5 Å². The molecule has 1 aromatic carbocycles. The van der Waals surface area contributed by atoms with Gasteiger partial charge >= 0.3 is 17.2 Å². The Labute approximate surface area is 131 Å². The number of aromatic nitrogens is 2. The van der Waals surface area contributed by atoms with Crippen LogP contribution in [0.3, 0.4) is 0 Å². The lowest BCUT2D eigenvalue weighted by Crippen LogP contribution is -2.52. The first kappa shape index (κ1) is 14.8. The number of benzene rings is 1. The maximum absolute atomic E-state index is 13.7. The van der Waals surface area contributed by atoms with Gasteiger partial charge in [0.1, 0.15) is 5.82 Å². The largest absolute Gasteiger partial charge is 0.465 e. The molecule has 3 rings (SSSR count). The first-order valence-electron chi connectivity index (χ1n) is 6.46. The predicted molar refractivity (Wildman–Crippen MR) is 79.6 cm³/mol. The molecule has 0 radical (unpaired) electrons. The van der Waals surface area contributed by atoms with Crippen LogP contribution >= 0.6 is 15.9 Å². The molecule has 0 atom stereocenters. The molecule has 116 valence electrons. The quantitative estimate of drug-likeness (QED) is 0.775. The number of rotatable bonds is 2. The summed E-state index contributed by atoms with van der Waals surface area (Å²) in [6.45, 7) is 0.744. The highest BCUT2D eigenvalue weighted by molar-refractivity contribution is 9.10. The Morgan fingerprint density at radius 1 is 1.41 bits per heavy atom. The van der Waals surface area contributed by atoms with Gasteiger partial charge in [-0.15, -0.1) is 0 Å². The van der Waals surface area contributed by atoms with E-state index in [2.05, 4.69) is 20.9 Å². The maximum Gasteiger partial charge on any atom is 0.407 e. The maximum atomic E-state index is 13.7. The number of aromatic amines is 1. The van der Waals surface area contributed by atoms with Gasteiger partial charge in [-0.2, -0.15) is 0 Å². The molecule has 0 spiro atoms. The zero-order chi connectivity index (χ0) is 16.0. The fraction of sp³-hybridized carbons (Fsp3) is 0.308. The van der Waals surface area contributed by atoms with Gasteiger partial charge in [0.15, 0.2) is 0 Å². The van der Waals surface area contributed by atoms with Gasteiger partial charge in [-0.25, -0.2) is 9.18 Å². The highest BCUT2D eigenvalue weighted by Gasteiger charge is 2.31. The van der Waals surface area contributed by atoms with E-state index < -0.39 is 23.0 Å². The summed E-state index contributed by atoms with van der Waals surface area (Å²) in [5.41, 5.74) is -0.949. The summed E-state index contributed by atoms with van der Waals surface area (Å²) in [6, 6.07) is 2.57. The van der Waals surface area contributed by atoms with E-state index in [4.69, 9.17) is 5.11 Å².